The summed E-state index contributed by atoms with van der Waals surface area (Å²) < 4.78 is 18.5. The third-order valence-electron chi connectivity index (χ3n) is 2.94. The Labute approximate surface area is 112 Å². The minimum absolute atomic E-state index is 0.132. The number of benzene rings is 1. The largest absolute Gasteiger partial charge is 0.481 e. The van der Waals surface area contributed by atoms with Crippen LogP contribution in [0.3, 0.4) is 0 Å². The molecule has 0 saturated carbocycles. The molecule has 1 aromatic heterocycles. The lowest BCUT2D eigenvalue weighted by Crippen LogP contribution is -2.26. The van der Waals surface area contributed by atoms with Crippen molar-refractivity contribution in [2.45, 2.75) is 18.9 Å². The third-order valence-corrected chi connectivity index (χ3v) is 2.94. The standard InChI is InChI=1S/C15H17FN2O/c1-19-15-7-6-11(10-18-15)8-13(17)9-12-4-2-3-5-14(12)16/h2-7,10,13H,8-9,17H2,1H3. The topological polar surface area (TPSA) is 48.1 Å². The fourth-order valence-electron chi connectivity index (χ4n) is 1.97. The Morgan fingerprint density at radius 1 is 1.21 bits per heavy atom. The highest BCUT2D eigenvalue weighted by molar-refractivity contribution is 5.21. The van der Waals surface area contributed by atoms with Gasteiger partial charge in [0.25, 0.3) is 0 Å². The fraction of sp³-hybridized carbons (Fsp3) is 0.267. The summed E-state index contributed by atoms with van der Waals surface area (Å²) in [5.74, 6) is 0.372. The van der Waals surface area contributed by atoms with Gasteiger partial charge < -0.3 is 10.5 Å². The van der Waals surface area contributed by atoms with Gasteiger partial charge in [-0.1, -0.05) is 24.3 Å². The average Bonchev–Trinajstić information content (AvgIpc) is 2.42. The van der Waals surface area contributed by atoms with Gasteiger partial charge >= 0.3 is 0 Å². The van der Waals surface area contributed by atoms with Crippen molar-refractivity contribution in [3.8, 4) is 5.88 Å². The van der Waals surface area contributed by atoms with Crippen molar-refractivity contribution >= 4 is 0 Å². The van der Waals surface area contributed by atoms with Gasteiger partial charge in [-0.05, 0) is 30.0 Å². The maximum atomic E-state index is 13.5. The molecule has 1 atom stereocenters. The Hall–Kier alpha value is -1.94. The Morgan fingerprint density at radius 2 is 2.00 bits per heavy atom. The second-order valence-corrected chi connectivity index (χ2v) is 4.47. The van der Waals surface area contributed by atoms with Gasteiger partial charge in [0, 0.05) is 18.3 Å². The second kappa shape index (κ2) is 6.29. The van der Waals surface area contributed by atoms with E-state index in [0.29, 0.717) is 24.3 Å². The van der Waals surface area contributed by atoms with Crippen LogP contribution in [0.1, 0.15) is 11.1 Å². The predicted octanol–water partition coefficient (Wildman–Crippen LogP) is 2.34. The van der Waals surface area contributed by atoms with E-state index in [4.69, 9.17) is 10.5 Å². The number of ether oxygens (including phenoxy) is 1. The van der Waals surface area contributed by atoms with Gasteiger partial charge in [0.15, 0.2) is 0 Å². The fourth-order valence-corrected chi connectivity index (χ4v) is 1.97. The lowest BCUT2D eigenvalue weighted by atomic mass is 10.0. The molecule has 1 heterocycles. The van der Waals surface area contributed by atoms with E-state index in [-0.39, 0.29) is 11.9 Å². The number of hydrogen-bond donors (Lipinski definition) is 1. The monoisotopic (exact) mass is 260 g/mol. The first-order valence-corrected chi connectivity index (χ1v) is 6.17. The van der Waals surface area contributed by atoms with Crippen molar-refractivity contribution in [1.29, 1.82) is 0 Å². The highest BCUT2D eigenvalue weighted by Gasteiger charge is 2.09. The molecule has 19 heavy (non-hydrogen) atoms. The normalized spacial score (nSPS) is 12.2. The molecule has 0 spiro atoms. The lowest BCUT2D eigenvalue weighted by Gasteiger charge is -2.12. The number of pyridine rings is 1. The van der Waals surface area contributed by atoms with Gasteiger partial charge in [-0.2, -0.15) is 0 Å². The third kappa shape index (κ3) is 3.76. The highest BCUT2D eigenvalue weighted by Crippen LogP contribution is 2.12. The van der Waals surface area contributed by atoms with Gasteiger partial charge in [-0.15, -0.1) is 0 Å². The molecule has 0 amide bonds. The van der Waals surface area contributed by atoms with E-state index in [9.17, 15) is 4.39 Å². The van der Waals surface area contributed by atoms with Gasteiger partial charge in [-0.3, -0.25) is 0 Å². The van der Waals surface area contributed by atoms with Gasteiger partial charge in [-0.25, -0.2) is 9.37 Å². The van der Waals surface area contributed by atoms with E-state index < -0.39 is 0 Å². The van der Waals surface area contributed by atoms with Crippen molar-refractivity contribution in [2.75, 3.05) is 7.11 Å². The van der Waals surface area contributed by atoms with E-state index in [1.165, 1.54) is 6.07 Å². The molecule has 0 aliphatic heterocycles. The van der Waals surface area contributed by atoms with E-state index in [2.05, 4.69) is 4.98 Å². The molecule has 0 fully saturated rings. The molecule has 0 bridgehead atoms. The number of methoxy groups -OCH3 is 1. The summed E-state index contributed by atoms with van der Waals surface area (Å²) in [7, 11) is 1.58. The SMILES string of the molecule is COc1ccc(CC(N)Cc2ccccc2F)cn1. The Morgan fingerprint density at radius 3 is 2.63 bits per heavy atom. The van der Waals surface area contributed by atoms with Gasteiger partial charge in [0.1, 0.15) is 5.82 Å². The number of halogens is 1. The minimum Gasteiger partial charge on any atom is -0.481 e. The Kier molecular flexibility index (Phi) is 4.47. The number of aromatic nitrogens is 1. The van der Waals surface area contributed by atoms with E-state index >= 15 is 0 Å². The summed E-state index contributed by atoms with van der Waals surface area (Å²) in [5.41, 5.74) is 7.72. The molecule has 3 nitrogen and oxygen atoms in total. The molecule has 0 aliphatic rings. The van der Waals surface area contributed by atoms with Crippen LogP contribution in [0.15, 0.2) is 42.6 Å². The molecule has 2 N–H and O–H groups in total. The van der Waals surface area contributed by atoms with E-state index in [1.54, 1.807) is 31.5 Å². The maximum Gasteiger partial charge on any atom is 0.212 e. The molecule has 2 rings (SSSR count). The first-order valence-electron chi connectivity index (χ1n) is 6.17. The van der Waals surface area contributed by atoms with Crippen molar-refractivity contribution in [3.05, 3.63) is 59.5 Å². The number of nitrogens with two attached hydrogens (primary N) is 1. The summed E-state index contributed by atoms with van der Waals surface area (Å²) >= 11 is 0. The summed E-state index contributed by atoms with van der Waals surface area (Å²) in [6.45, 7) is 0. The number of nitrogens with zero attached hydrogens (tertiary/aromatic N) is 1. The highest BCUT2D eigenvalue weighted by atomic mass is 19.1. The molecule has 2 aromatic rings. The lowest BCUT2D eigenvalue weighted by molar-refractivity contribution is 0.397. The average molecular weight is 260 g/mol. The zero-order valence-corrected chi connectivity index (χ0v) is 10.8. The van der Waals surface area contributed by atoms with Gasteiger partial charge in [0.05, 0.1) is 7.11 Å². The Balaban J connectivity index is 1.97. The van der Waals surface area contributed by atoms with Crippen LogP contribution < -0.4 is 10.5 Å². The molecule has 100 valence electrons. The van der Waals surface area contributed by atoms with Crippen LogP contribution >= 0.6 is 0 Å². The molecule has 0 radical (unpaired) electrons. The van der Waals surface area contributed by atoms with Crippen LogP contribution in [-0.2, 0) is 12.8 Å². The summed E-state index contributed by atoms with van der Waals surface area (Å²) in [6.07, 6.45) is 2.91. The molecule has 1 unspecified atom stereocenters. The molecule has 1 aromatic carbocycles. The smallest absolute Gasteiger partial charge is 0.212 e. The summed E-state index contributed by atoms with van der Waals surface area (Å²) in [6, 6.07) is 10.3. The Bertz CT molecular complexity index is 528. The number of rotatable bonds is 5. The second-order valence-electron chi connectivity index (χ2n) is 4.47. The zero-order valence-electron chi connectivity index (χ0n) is 10.8. The van der Waals surface area contributed by atoms with Crippen LogP contribution in [0, 0.1) is 5.82 Å². The van der Waals surface area contributed by atoms with Crippen molar-refractivity contribution < 1.29 is 9.13 Å². The van der Waals surface area contributed by atoms with E-state index in [0.717, 1.165) is 5.56 Å². The van der Waals surface area contributed by atoms with E-state index in [1.807, 2.05) is 12.1 Å². The first-order chi connectivity index (χ1) is 9.19. The van der Waals surface area contributed by atoms with Crippen LogP contribution in [0.2, 0.25) is 0 Å². The van der Waals surface area contributed by atoms with Crippen molar-refractivity contribution in [2.24, 2.45) is 5.73 Å². The van der Waals surface area contributed by atoms with Crippen molar-refractivity contribution in [3.63, 3.8) is 0 Å². The summed E-state index contributed by atoms with van der Waals surface area (Å²) in [4.78, 5) is 4.12. The predicted molar refractivity (Wildman–Crippen MR) is 72.6 cm³/mol. The minimum atomic E-state index is -0.203. The number of hydrogen-bond acceptors (Lipinski definition) is 3. The molecular weight excluding hydrogens is 243 g/mol. The van der Waals surface area contributed by atoms with Crippen LogP contribution in [-0.4, -0.2) is 18.1 Å². The van der Waals surface area contributed by atoms with Crippen LogP contribution in [0.4, 0.5) is 4.39 Å². The quantitative estimate of drug-likeness (QED) is 0.897. The van der Waals surface area contributed by atoms with Crippen molar-refractivity contribution in [1.82, 2.24) is 4.98 Å². The molecule has 0 aliphatic carbocycles. The molecular formula is C15H17FN2O. The van der Waals surface area contributed by atoms with Crippen LogP contribution in [0.25, 0.3) is 0 Å². The summed E-state index contributed by atoms with van der Waals surface area (Å²) in [5, 5.41) is 0. The molecule has 0 saturated heterocycles. The maximum absolute atomic E-state index is 13.5. The van der Waals surface area contributed by atoms with Gasteiger partial charge in [0.2, 0.25) is 5.88 Å². The zero-order chi connectivity index (χ0) is 13.7. The first kappa shape index (κ1) is 13.5. The molecule has 4 heteroatoms. The van der Waals surface area contributed by atoms with Crippen LogP contribution in [0.5, 0.6) is 5.88 Å².